The van der Waals surface area contributed by atoms with Crippen LogP contribution in [0.4, 0.5) is 0 Å². The van der Waals surface area contributed by atoms with Crippen LogP contribution in [0, 0.1) is 5.92 Å². The summed E-state index contributed by atoms with van der Waals surface area (Å²) in [5.41, 5.74) is 5.93. The van der Waals surface area contributed by atoms with Crippen LogP contribution in [0.1, 0.15) is 26.7 Å². The number of likely N-dealkylation sites (tertiary alicyclic amines) is 1. The Balaban J connectivity index is 2.34. The topological polar surface area (TPSA) is 63.4 Å². The molecular weight excluding hydrogens is 224 g/mol. The van der Waals surface area contributed by atoms with Crippen molar-refractivity contribution in [3.05, 3.63) is 0 Å². The maximum absolute atomic E-state index is 11.6. The Morgan fingerprint density at radius 2 is 2.06 bits per heavy atom. The Bertz CT molecular complexity index is 303. The third-order valence-corrected chi connectivity index (χ3v) is 5.12. The van der Waals surface area contributed by atoms with E-state index in [2.05, 4.69) is 11.8 Å². The van der Waals surface area contributed by atoms with Crippen molar-refractivity contribution in [1.29, 1.82) is 0 Å². The summed E-state index contributed by atoms with van der Waals surface area (Å²) in [5.74, 6) is 1.08. The summed E-state index contributed by atoms with van der Waals surface area (Å²) >= 11 is 0. The molecule has 0 aromatic rings. The SMILES string of the molecule is CCCS(=O)(=O)CCN1CCC(N)C(C)C1. The molecule has 0 aromatic carbocycles. The molecule has 2 N–H and O–H groups in total. The zero-order chi connectivity index (χ0) is 12.2. The van der Waals surface area contributed by atoms with Crippen LogP contribution in [0.15, 0.2) is 0 Å². The Kier molecular flexibility index (Phi) is 5.21. The first-order valence-electron chi connectivity index (χ1n) is 6.13. The molecule has 5 heteroatoms. The zero-order valence-corrected chi connectivity index (χ0v) is 11.2. The maximum atomic E-state index is 11.6. The Morgan fingerprint density at radius 3 is 2.62 bits per heavy atom. The van der Waals surface area contributed by atoms with E-state index in [-0.39, 0.29) is 6.04 Å². The van der Waals surface area contributed by atoms with Gasteiger partial charge in [0.1, 0.15) is 0 Å². The summed E-state index contributed by atoms with van der Waals surface area (Å²) in [5, 5.41) is 0. The zero-order valence-electron chi connectivity index (χ0n) is 10.4. The summed E-state index contributed by atoms with van der Waals surface area (Å²) in [6.07, 6.45) is 1.69. The summed E-state index contributed by atoms with van der Waals surface area (Å²) in [4.78, 5) is 2.22. The second-order valence-electron chi connectivity index (χ2n) is 4.88. The molecule has 0 bridgehead atoms. The number of piperidine rings is 1. The molecule has 1 aliphatic rings. The normalized spacial score (nSPS) is 28.2. The van der Waals surface area contributed by atoms with E-state index < -0.39 is 9.84 Å². The lowest BCUT2D eigenvalue weighted by Crippen LogP contribution is -2.47. The van der Waals surface area contributed by atoms with E-state index in [9.17, 15) is 8.42 Å². The molecule has 2 atom stereocenters. The molecule has 0 aliphatic carbocycles. The number of nitrogens with two attached hydrogens (primary N) is 1. The minimum Gasteiger partial charge on any atom is -0.327 e. The third kappa shape index (κ3) is 4.39. The second kappa shape index (κ2) is 5.98. The van der Waals surface area contributed by atoms with Gasteiger partial charge in [-0.2, -0.15) is 0 Å². The van der Waals surface area contributed by atoms with Gasteiger partial charge in [0.2, 0.25) is 0 Å². The summed E-state index contributed by atoms with van der Waals surface area (Å²) in [6.45, 7) is 6.58. The fourth-order valence-corrected chi connectivity index (χ4v) is 3.50. The van der Waals surface area contributed by atoms with Gasteiger partial charge in [0.05, 0.1) is 5.75 Å². The van der Waals surface area contributed by atoms with Crippen molar-refractivity contribution in [2.75, 3.05) is 31.1 Å². The minimum atomic E-state index is -2.83. The second-order valence-corrected chi connectivity index (χ2v) is 7.19. The van der Waals surface area contributed by atoms with Crippen molar-refractivity contribution >= 4 is 9.84 Å². The van der Waals surface area contributed by atoms with Crippen LogP contribution in [0.2, 0.25) is 0 Å². The summed E-state index contributed by atoms with van der Waals surface area (Å²) < 4.78 is 23.1. The van der Waals surface area contributed by atoms with Crippen molar-refractivity contribution < 1.29 is 8.42 Å². The lowest BCUT2D eigenvalue weighted by atomic mass is 9.95. The van der Waals surface area contributed by atoms with E-state index in [0.29, 0.717) is 30.4 Å². The average Bonchev–Trinajstić information content (AvgIpc) is 2.20. The van der Waals surface area contributed by atoms with Gasteiger partial charge >= 0.3 is 0 Å². The Morgan fingerprint density at radius 1 is 1.38 bits per heavy atom. The summed E-state index contributed by atoms with van der Waals surface area (Å²) in [6, 6.07) is 0.281. The standard InChI is InChI=1S/C11H24N2O2S/c1-3-7-16(14,15)8-6-13-5-4-11(12)10(2)9-13/h10-11H,3-9,12H2,1-2H3. The van der Waals surface area contributed by atoms with Crippen LogP contribution in [0.25, 0.3) is 0 Å². The molecule has 16 heavy (non-hydrogen) atoms. The van der Waals surface area contributed by atoms with E-state index in [1.807, 2.05) is 6.92 Å². The van der Waals surface area contributed by atoms with E-state index in [1.165, 1.54) is 0 Å². The van der Waals surface area contributed by atoms with E-state index in [1.54, 1.807) is 0 Å². The molecule has 1 aliphatic heterocycles. The third-order valence-electron chi connectivity index (χ3n) is 3.29. The fourth-order valence-electron chi connectivity index (χ4n) is 2.13. The van der Waals surface area contributed by atoms with Crippen molar-refractivity contribution in [1.82, 2.24) is 4.90 Å². The molecule has 0 amide bonds. The number of rotatable bonds is 5. The van der Waals surface area contributed by atoms with Gasteiger partial charge in [-0.05, 0) is 25.3 Å². The predicted molar refractivity (Wildman–Crippen MR) is 67.1 cm³/mol. The van der Waals surface area contributed by atoms with Crippen molar-refractivity contribution in [2.45, 2.75) is 32.7 Å². The molecule has 0 spiro atoms. The Labute approximate surface area is 99.1 Å². The summed E-state index contributed by atoms with van der Waals surface area (Å²) in [7, 11) is -2.83. The highest BCUT2D eigenvalue weighted by Crippen LogP contribution is 2.14. The molecule has 1 saturated heterocycles. The van der Waals surface area contributed by atoms with Crippen LogP contribution in [-0.4, -0.2) is 50.5 Å². The van der Waals surface area contributed by atoms with E-state index >= 15 is 0 Å². The highest BCUT2D eigenvalue weighted by molar-refractivity contribution is 7.91. The van der Waals surface area contributed by atoms with Gasteiger partial charge in [-0.1, -0.05) is 13.8 Å². The van der Waals surface area contributed by atoms with Crippen LogP contribution in [-0.2, 0) is 9.84 Å². The van der Waals surface area contributed by atoms with Crippen molar-refractivity contribution in [3.8, 4) is 0 Å². The maximum Gasteiger partial charge on any atom is 0.151 e. The molecule has 2 unspecified atom stereocenters. The number of hydrogen-bond acceptors (Lipinski definition) is 4. The molecule has 0 aromatic heterocycles. The molecule has 0 saturated carbocycles. The van der Waals surface area contributed by atoms with Gasteiger partial charge in [-0.3, -0.25) is 0 Å². The molecule has 1 fully saturated rings. The van der Waals surface area contributed by atoms with Crippen LogP contribution >= 0.6 is 0 Å². The minimum absolute atomic E-state index is 0.281. The van der Waals surface area contributed by atoms with Crippen LogP contribution < -0.4 is 5.73 Å². The van der Waals surface area contributed by atoms with Gasteiger partial charge < -0.3 is 10.6 Å². The van der Waals surface area contributed by atoms with Gasteiger partial charge in [0.25, 0.3) is 0 Å². The van der Waals surface area contributed by atoms with E-state index in [4.69, 9.17) is 5.73 Å². The number of sulfone groups is 1. The van der Waals surface area contributed by atoms with Crippen molar-refractivity contribution in [3.63, 3.8) is 0 Å². The highest BCUT2D eigenvalue weighted by atomic mass is 32.2. The first kappa shape index (κ1) is 13.9. The number of nitrogens with zero attached hydrogens (tertiary/aromatic N) is 1. The first-order valence-corrected chi connectivity index (χ1v) is 7.95. The quantitative estimate of drug-likeness (QED) is 0.768. The van der Waals surface area contributed by atoms with Gasteiger partial charge in [-0.15, -0.1) is 0 Å². The fraction of sp³-hybridized carbons (Fsp3) is 1.00. The van der Waals surface area contributed by atoms with Crippen molar-refractivity contribution in [2.24, 2.45) is 11.7 Å². The highest BCUT2D eigenvalue weighted by Gasteiger charge is 2.23. The molecule has 4 nitrogen and oxygen atoms in total. The average molecular weight is 248 g/mol. The number of hydrogen-bond donors (Lipinski definition) is 1. The molecule has 96 valence electrons. The van der Waals surface area contributed by atoms with Crippen LogP contribution in [0.5, 0.6) is 0 Å². The van der Waals surface area contributed by atoms with Crippen LogP contribution in [0.3, 0.4) is 0 Å². The van der Waals surface area contributed by atoms with Gasteiger partial charge in [0, 0.05) is 24.9 Å². The predicted octanol–water partition coefficient (Wildman–Crippen LogP) is 0.480. The Hall–Kier alpha value is -0.130. The monoisotopic (exact) mass is 248 g/mol. The molecular formula is C11H24N2O2S. The molecule has 0 radical (unpaired) electrons. The lowest BCUT2D eigenvalue weighted by Gasteiger charge is -2.34. The van der Waals surface area contributed by atoms with E-state index in [0.717, 1.165) is 19.5 Å². The van der Waals surface area contributed by atoms with Gasteiger partial charge in [0.15, 0.2) is 9.84 Å². The van der Waals surface area contributed by atoms with Gasteiger partial charge in [-0.25, -0.2) is 8.42 Å². The first-order chi connectivity index (χ1) is 7.44. The molecule has 1 heterocycles. The molecule has 1 rings (SSSR count). The smallest absolute Gasteiger partial charge is 0.151 e. The largest absolute Gasteiger partial charge is 0.327 e. The lowest BCUT2D eigenvalue weighted by molar-refractivity contribution is 0.173.